The third-order valence-electron chi connectivity index (χ3n) is 4.13. The fourth-order valence-corrected chi connectivity index (χ4v) is 4.65. The molecule has 0 saturated heterocycles. The highest BCUT2D eigenvalue weighted by Crippen LogP contribution is 2.35. The molecule has 0 atom stereocenters. The van der Waals surface area contributed by atoms with Crippen molar-refractivity contribution >= 4 is 45.2 Å². The quantitative estimate of drug-likeness (QED) is 0.361. The van der Waals surface area contributed by atoms with Gasteiger partial charge in [0, 0.05) is 16.8 Å². The lowest BCUT2D eigenvalue weighted by Crippen LogP contribution is -2.28. The van der Waals surface area contributed by atoms with Crippen LogP contribution in [0.3, 0.4) is 0 Å². The number of hydrogen-bond donors (Lipinski definition) is 1. The number of thiophene rings is 1. The summed E-state index contributed by atoms with van der Waals surface area (Å²) in [5.74, 6) is -0.0168. The summed E-state index contributed by atoms with van der Waals surface area (Å²) >= 11 is 2.94. The second-order valence-corrected chi connectivity index (χ2v) is 8.42. The summed E-state index contributed by atoms with van der Waals surface area (Å²) in [5, 5.41) is 4.49. The molecule has 0 aliphatic heterocycles. The molecule has 0 fully saturated rings. The number of nitrogens with zero attached hydrogens (tertiary/aromatic N) is 2. The highest BCUT2D eigenvalue weighted by atomic mass is 32.2. The molecule has 6 nitrogen and oxygen atoms in total. The van der Waals surface area contributed by atoms with E-state index in [0.29, 0.717) is 12.4 Å². The van der Waals surface area contributed by atoms with E-state index in [-0.39, 0.29) is 18.3 Å². The predicted molar refractivity (Wildman–Crippen MR) is 112 cm³/mol. The lowest BCUT2D eigenvalue weighted by molar-refractivity contribution is -0.145. The first kappa shape index (κ1) is 20.3. The average molecular weight is 416 g/mol. The molecule has 1 aromatic carbocycles. The highest BCUT2D eigenvalue weighted by Gasteiger charge is 2.16. The van der Waals surface area contributed by atoms with E-state index < -0.39 is 5.97 Å². The summed E-state index contributed by atoms with van der Waals surface area (Å²) < 4.78 is 5.08. The number of esters is 1. The Morgan fingerprint density at radius 1 is 1.14 bits per heavy atom. The van der Waals surface area contributed by atoms with Crippen LogP contribution in [0.5, 0.6) is 0 Å². The molecular formula is C20H21N3O3S2. The minimum absolute atomic E-state index is 0.0891. The van der Waals surface area contributed by atoms with Crippen LogP contribution in [0.1, 0.15) is 21.8 Å². The van der Waals surface area contributed by atoms with E-state index in [9.17, 15) is 9.59 Å². The third-order valence-corrected chi connectivity index (χ3v) is 6.18. The smallest absolute Gasteiger partial charge is 0.316 e. The number of amides is 1. The highest BCUT2D eigenvalue weighted by molar-refractivity contribution is 8.00. The van der Waals surface area contributed by atoms with Gasteiger partial charge in [0.15, 0.2) is 6.61 Å². The van der Waals surface area contributed by atoms with Crippen molar-refractivity contribution in [2.45, 2.75) is 32.3 Å². The van der Waals surface area contributed by atoms with E-state index in [2.05, 4.69) is 15.3 Å². The molecule has 1 amide bonds. The van der Waals surface area contributed by atoms with Gasteiger partial charge in [-0.2, -0.15) is 0 Å². The first-order valence-electron chi connectivity index (χ1n) is 8.77. The number of fused-ring (bicyclic) bond motifs is 1. The molecule has 0 spiro atoms. The van der Waals surface area contributed by atoms with Gasteiger partial charge >= 0.3 is 5.97 Å². The van der Waals surface area contributed by atoms with Crippen LogP contribution in [0.2, 0.25) is 0 Å². The van der Waals surface area contributed by atoms with Crippen molar-refractivity contribution in [1.82, 2.24) is 15.3 Å². The normalized spacial score (nSPS) is 10.8. The molecule has 8 heteroatoms. The summed E-state index contributed by atoms with van der Waals surface area (Å²) in [7, 11) is 0. The molecule has 2 heterocycles. The van der Waals surface area contributed by atoms with Gasteiger partial charge in [0.05, 0.1) is 5.75 Å². The largest absolute Gasteiger partial charge is 0.455 e. The molecule has 0 radical (unpaired) electrons. The van der Waals surface area contributed by atoms with Crippen LogP contribution in [-0.2, 0) is 20.9 Å². The summed E-state index contributed by atoms with van der Waals surface area (Å²) in [6, 6.07) is 9.56. The third kappa shape index (κ3) is 5.08. The number of aryl methyl sites for hydroxylation is 3. The van der Waals surface area contributed by atoms with Crippen molar-refractivity contribution in [3.63, 3.8) is 0 Å². The molecule has 0 aliphatic rings. The summed E-state index contributed by atoms with van der Waals surface area (Å²) in [4.78, 5) is 35.0. The lowest BCUT2D eigenvalue weighted by atomic mass is 10.2. The summed E-state index contributed by atoms with van der Waals surface area (Å²) in [6.07, 6.45) is 0. The molecule has 28 heavy (non-hydrogen) atoms. The maximum atomic E-state index is 12.0. The van der Waals surface area contributed by atoms with Crippen LogP contribution in [0.15, 0.2) is 35.4 Å². The fraction of sp³-hybridized carbons (Fsp3) is 0.300. The molecule has 0 aliphatic carbocycles. The molecular weight excluding hydrogens is 394 g/mol. The van der Waals surface area contributed by atoms with Gasteiger partial charge in [0.1, 0.15) is 15.7 Å². The van der Waals surface area contributed by atoms with Gasteiger partial charge in [-0.15, -0.1) is 11.3 Å². The van der Waals surface area contributed by atoms with Crippen LogP contribution in [0.25, 0.3) is 10.2 Å². The van der Waals surface area contributed by atoms with Crippen molar-refractivity contribution in [3.8, 4) is 0 Å². The van der Waals surface area contributed by atoms with E-state index >= 15 is 0 Å². The minimum atomic E-state index is -0.450. The van der Waals surface area contributed by atoms with Crippen LogP contribution in [0, 0.1) is 20.8 Å². The Balaban J connectivity index is 1.51. The number of benzene rings is 1. The monoisotopic (exact) mass is 415 g/mol. The molecule has 146 valence electrons. The Kier molecular flexibility index (Phi) is 6.64. The van der Waals surface area contributed by atoms with Crippen LogP contribution >= 0.6 is 23.1 Å². The van der Waals surface area contributed by atoms with E-state index in [4.69, 9.17) is 4.74 Å². The topological polar surface area (TPSA) is 81.2 Å². The molecule has 3 aromatic rings. The van der Waals surface area contributed by atoms with Gasteiger partial charge in [0.25, 0.3) is 5.91 Å². The van der Waals surface area contributed by atoms with E-state index in [0.717, 1.165) is 26.4 Å². The van der Waals surface area contributed by atoms with Crippen LogP contribution < -0.4 is 5.32 Å². The number of rotatable bonds is 7. The van der Waals surface area contributed by atoms with Crippen molar-refractivity contribution in [2.24, 2.45) is 0 Å². The van der Waals surface area contributed by atoms with Gasteiger partial charge in [-0.05, 0) is 31.9 Å². The Labute approximate surface area is 171 Å². The Morgan fingerprint density at radius 2 is 1.89 bits per heavy atom. The number of thioether (sulfide) groups is 1. The first-order chi connectivity index (χ1) is 13.4. The first-order valence-corrected chi connectivity index (χ1v) is 10.6. The van der Waals surface area contributed by atoms with Gasteiger partial charge < -0.3 is 10.1 Å². The van der Waals surface area contributed by atoms with Crippen molar-refractivity contribution < 1.29 is 14.3 Å². The second kappa shape index (κ2) is 9.16. The van der Waals surface area contributed by atoms with Crippen molar-refractivity contribution in [3.05, 3.63) is 52.2 Å². The number of nitrogens with one attached hydrogen (secondary N) is 1. The van der Waals surface area contributed by atoms with E-state index in [1.54, 1.807) is 11.3 Å². The van der Waals surface area contributed by atoms with Gasteiger partial charge in [-0.3, -0.25) is 9.59 Å². The number of aromatic nitrogens is 2. The zero-order valence-corrected chi connectivity index (χ0v) is 17.6. The Bertz CT molecular complexity index is 1000. The summed E-state index contributed by atoms with van der Waals surface area (Å²) in [6.45, 7) is 6.03. The minimum Gasteiger partial charge on any atom is -0.455 e. The molecule has 2 aromatic heterocycles. The lowest BCUT2D eigenvalue weighted by Gasteiger charge is -2.07. The number of carbonyl (C=O) groups excluding carboxylic acids is 2. The number of carbonyl (C=O) groups is 2. The van der Waals surface area contributed by atoms with Gasteiger partial charge in [0.2, 0.25) is 0 Å². The zero-order valence-electron chi connectivity index (χ0n) is 15.9. The average Bonchev–Trinajstić information content (AvgIpc) is 2.97. The van der Waals surface area contributed by atoms with E-state index in [1.807, 2.05) is 51.1 Å². The molecule has 0 saturated carbocycles. The molecule has 1 N–H and O–H groups in total. The maximum absolute atomic E-state index is 12.0. The van der Waals surface area contributed by atoms with Crippen LogP contribution in [-0.4, -0.2) is 34.2 Å². The summed E-state index contributed by atoms with van der Waals surface area (Å²) in [5.41, 5.74) is 2.12. The second-order valence-electron chi connectivity index (χ2n) is 6.25. The van der Waals surface area contributed by atoms with Crippen molar-refractivity contribution in [2.75, 3.05) is 12.4 Å². The molecule has 0 unspecified atom stereocenters. The number of hydrogen-bond acceptors (Lipinski definition) is 7. The standard InChI is InChI=1S/C20H21N3O3S2/c1-12-13(2)28-20-18(12)19(22-14(3)23-20)27-11-17(25)26-10-16(24)21-9-15-7-5-4-6-8-15/h4-8H,9-11H2,1-3H3,(H,21,24). The fourth-order valence-electron chi connectivity index (χ4n) is 2.58. The van der Waals surface area contributed by atoms with Crippen molar-refractivity contribution in [1.29, 1.82) is 0 Å². The van der Waals surface area contributed by atoms with Gasteiger partial charge in [-0.1, -0.05) is 42.1 Å². The maximum Gasteiger partial charge on any atom is 0.316 e. The Hall–Kier alpha value is -2.45. The van der Waals surface area contributed by atoms with E-state index in [1.165, 1.54) is 16.6 Å². The zero-order chi connectivity index (χ0) is 20.1. The van der Waals surface area contributed by atoms with Gasteiger partial charge in [-0.25, -0.2) is 9.97 Å². The SMILES string of the molecule is Cc1nc(SCC(=O)OCC(=O)NCc2ccccc2)c2c(C)c(C)sc2n1. The molecule has 0 bridgehead atoms. The molecule has 3 rings (SSSR count). The predicted octanol–water partition coefficient (Wildman–Crippen LogP) is 3.57. The number of ether oxygens (including phenoxy) is 1. The van der Waals surface area contributed by atoms with Crippen LogP contribution in [0.4, 0.5) is 0 Å². The Morgan fingerprint density at radius 3 is 2.64 bits per heavy atom.